The third-order valence-corrected chi connectivity index (χ3v) is 12.0. The van der Waals surface area contributed by atoms with E-state index in [9.17, 15) is 0 Å². The van der Waals surface area contributed by atoms with Crippen molar-refractivity contribution in [2.24, 2.45) is 0 Å². The van der Waals surface area contributed by atoms with Gasteiger partial charge in [0.1, 0.15) is 0 Å². The molecule has 4 heteroatoms. The molecule has 0 fully saturated rings. The zero-order valence-electron chi connectivity index (χ0n) is 30.1. The Morgan fingerprint density at radius 3 is 1.88 bits per heavy atom. The number of para-hydroxylation sites is 2. The minimum Gasteiger partial charge on any atom is -0.308 e. The van der Waals surface area contributed by atoms with Crippen LogP contribution in [-0.2, 0) is 0 Å². The molecule has 0 saturated carbocycles. The minimum absolute atomic E-state index is 0.655. The van der Waals surface area contributed by atoms with E-state index in [0.717, 1.165) is 55.1 Å². The van der Waals surface area contributed by atoms with Crippen molar-refractivity contribution in [3.05, 3.63) is 182 Å². The number of fused-ring (bicyclic) bond motifs is 10. The van der Waals surface area contributed by atoms with Crippen molar-refractivity contribution in [2.75, 3.05) is 0 Å². The fraction of sp³-hybridized carbons (Fsp3) is 0. The molecule has 0 aliphatic rings. The largest absolute Gasteiger partial charge is 0.308 e. The van der Waals surface area contributed by atoms with Gasteiger partial charge in [0.15, 0.2) is 0 Å². The third kappa shape index (κ3) is 3.87. The first-order chi connectivity index (χ1) is 27.8. The summed E-state index contributed by atoms with van der Waals surface area (Å²) >= 11 is 0. The maximum atomic E-state index is 5.68. The monoisotopic (exact) mass is 710 g/mol. The molecular weight excluding hydrogens is 681 g/mol. The van der Waals surface area contributed by atoms with Crippen molar-refractivity contribution in [3.8, 4) is 28.3 Å². The molecule has 56 heavy (non-hydrogen) atoms. The molecule has 4 nitrogen and oxygen atoms in total. The van der Waals surface area contributed by atoms with Crippen molar-refractivity contribution in [1.82, 2.24) is 18.9 Å². The molecule has 4 heterocycles. The summed E-state index contributed by atoms with van der Waals surface area (Å²) in [6.45, 7) is 0. The molecule has 13 rings (SSSR count). The Balaban J connectivity index is 1.27. The first kappa shape index (κ1) is 29.8. The molecule has 0 atom stereocenters. The molecule has 0 spiro atoms. The average Bonchev–Trinajstić information content (AvgIpc) is 3.76. The third-order valence-electron chi connectivity index (χ3n) is 12.0. The average molecular weight is 711 g/mol. The SMILES string of the molecule is c1ccc(-c2ccccc2-c2nc(-n3c4cccc5c4c4c(cc6ccccc6c43)c3cccc4c6ccccc6n5c34)nc3c2ccc2ccccc23)cc1. The zero-order valence-corrected chi connectivity index (χ0v) is 30.1. The van der Waals surface area contributed by atoms with Gasteiger partial charge in [-0.05, 0) is 57.6 Å². The number of rotatable bonds is 3. The summed E-state index contributed by atoms with van der Waals surface area (Å²) in [7, 11) is 0. The van der Waals surface area contributed by atoms with Crippen molar-refractivity contribution in [3.63, 3.8) is 0 Å². The fourth-order valence-corrected chi connectivity index (χ4v) is 9.71. The summed E-state index contributed by atoms with van der Waals surface area (Å²) < 4.78 is 4.85. The molecule has 0 bridgehead atoms. The smallest absolute Gasteiger partial charge is 0.235 e. The van der Waals surface area contributed by atoms with Gasteiger partial charge in [0.25, 0.3) is 0 Å². The van der Waals surface area contributed by atoms with Crippen LogP contribution in [0.4, 0.5) is 0 Å². The summed E-state index contributed by atoms with van der Waals surface area (Å²) in [5, 5.41) is 13.0. The lowest BCUT2D eigenvalue weighted by molar-refractivity contribution is 1.02. The quantitative estimate of drug-likeness (QED) is 0.171. The predicted octanol–water partition coefficient (Wildman–Crippen LogP) is 13.5. The van der Waals surface area contributed by atoms with Crippen LogP contribution in [0.5, 0.6) is 0 Å². The molecule has 258 valence electrons. The number of aromatic nitrogens is 4. The maximum Gasteiger partial charge on any atom is 0.235 e. The van der Waals surface area contributed by atoms with E-state index in [1.165, 1.54) is 59.6 Å². The molecule has 13 aromatic rings. The van der Waals surface area contributed by atoms with Gasteiger partial charge < -0.3 is 4.40 Å². The molecule has 4 aromatic heterocycles. The summed E-state index contributed by atoms with van der Waals surface area (Å²) in [6, 6.07) is 65.8. The van der Waals surface area contributed by atoms with E-state index in [-0.39, 0.29) is 0 Å². The van der Waals surface area contributed by atoms with E-state index < -0.39 is 0 Å². The van der Waals surface area contributed by atoms with Gasteiger partial charge in [0.2, 0.25) is 5.95 Å². The lowest BCUT2D eigenvalue weighted by Gasteiger charge is -2.16. The number of benzene rings is 9. The number of hydrogen-bond acceptors (Lipinski definition) is 2. The van der Waals surface area contributed by atoms with Gasteiger partial charge in [-0.3, -0.25) is 4.57 Å². The van der Waals surface area contributed by atoms with E-state index in [4.69, 9.17) is 9.97 Å². The molecule has 0 radical (unpaired) electrons. The lowest BCUT2D eigenvalue weighted by Crippen LogP contribution is -2.04. The van der Waals surface area contributed by atoms with Crippen LogP contribution < -0.4 is 0 Å². The van der Waals surface area contributed by atoms with Crippen LogP contribution in [0.3, 0.4) is 0 Å². The summed E-state index contributed by atoms with van der Waals surface area (Å²) in [5.41, 5.74) is 11.0. The topological polar surface area (TPSA) is 35.1 Å². The van der Waals surface area contributed by atoms with E-state index in [2.05, 4.69) is 191 Å². The Hall–Kier alpha value is -7.56. The van der Waals surface area contributed by atoms with Crippen LogP contribution >= 0.6 is 0 Å². The highest BCUT2D eigenvalue weighted by atomic mass is 15.2. The second kappa shape index (κ2) is 11.0. The van der Waals surface area contributed by atoms with Gasteiger partial charge in [-0.2, -0.15) is 0 Å². The molecular formula is C52H30N4. The highest BCUT2D eigenvalue weighted by Gasteiger charge is 2.26. The van der Waals surface area contributed by atoms with Crippen LogP contribution in [0.1, 0.15) is 0 Å². The highest BCUT2D eigenvalue weighted by Crippen LogP contribution is 2.47. The Morgan fingerprint density at radius 2 is 1.00 bits per heavy atom. The van der Waals surface area contributed by atoms with Crippen molar-refractivity contribution < 1.29 is 0 Å². The Labute approximate surface area is 320 Å². The number of hydrogen-bond donors (Lipinski definition) is 0. The lowest BCUT2D eigenvalue weighted by atomic mass is 9.95. The standard InChI is InChI=1S/C52H30N4/c1-2-14-31(15-3-1)34-18-8-9-22-38(34)49-41-29-28-32-16-4-6-19-35(32)48(41)53-52(54-49)56-45-27-13-26-44-47(45)46-42(30-33-17-5-7-20-36(33)51(46)56)40-24-12-23-39-37-21-10-11-25-43(37)55(44)50(39)40/h1-30H. The zero-order chi connectivity index (χ0) is 36.5. The Bertz CT molecular complexity index is 3760. The fourth-order valence-electron chi connectivity index (χ4n) is 9.71. The van der Waals surface area contributed by atoms with Gasteiger partial charge >= 0.3 is 0 Å². The predicted molar refractivity (Wildman–Crippen MR) is 234 cm³/mol. The molecule has 0 amide bonds. The van der Waals surface area contributed by atoms with Crippen LogP contribution in [0.25, 0.3) is 121 Å². The molecule has 9 aromatic carbocycles. The van der Waals surface area contributed by atoms with E-state index >= 15 is 0 Å². The second-order valence-corrected chi connectivity index (χ2v) is 14.9. The summed E-state index contributed by atoms with van der Waals surface area (Å²) in [4.78, 5) is 11.3. The minimum atomic E-state index is 0.655. The van der Waals surface area contributed by atoms with Gasteiger partial charge in [-0.25, -0.2) is 9.97 Å². The summed E-state index contributed by atoms with van der Waals surface area (Å²) in [6.07, 6.45) is 0. The van der Waals surface area contributed by atoms with Crippen molar-refractivity contribution in [2.45, 2.75) is 0 Å². The van der Waals surface area contributed by atoms with Crippen LogP contribution in [0.2, 0.25) is 0 Å². The molecule has 0 unspecified atom stereocenters. The summed E-state index contributed by atoms with van der Waals surface area (Å²) in [5.74, 6) is 0.655. The first-order valence-electron chi connectivity index (χ1n) is 19.2. The Morgan fingerprint density at radius 1 is 0.357 bits per heavy atom. The molecule has 0 N–H and O–H groups in total. The van der Waals surface area contributed by atoms with Gasteiger partial charge in [-0.1, -0.05) is 152 Å². The van der Waals surface area contributed by atoms with Gasteiger partial charge in [0, 0.05) is 48.7 Å². The van der Waals surface area contributed by atoms with Crippen molar-refractivity contribution >= 4 is 92.3 Å². The van der Waals surface area contributed by atoms with Crippen LogP contribution in [0, 0.1) is 0 Å². The first-order valence-corrected chi connectivity index (χ1v) is 19.2. The second-order valence-electron chi connectivity index (χ2n) is 14.9. The molecule has 0 saturated heterocycles. The normalized spacial score (nSPS) is 12.3. The van der Waals surface area contributed by atoms with Gasteiger partial charge in [-0.15, -0.1) is 0 Å². The number of nitrogens with zero attached hydrogens (tertiary/aromatic N) is 4. The van der Waals surface area contributed by atoms with Gasteiger partial charge in [0.05, 0.1) is 38.8 Å². The van der Waals surface area contributed by atoms with Crippen molar-refractivity contribution in [1.29, 1.82) is 0 Å². The highest BCUT2D eigenvalue weighted by molar-refractivity contribution is 6.35. The van der Waals surface area contributed by atoms with E-state index in [1.807, 2.05) is 0 Å². The van der Waals surface area contributed by atoms with Crippen LogP contribution in [-0.4, -0.2) is 18.9 Å². The maximum absolute atomic E-state index is 5.68. The Kier molecular flexibility index (Phi) is 5.86. The van der Waals surface area contributed by atoms with E-state index in [1.54, 1.807) is 0 Å². The molecule has 0 aliphatic carbocycles. The molecule has 0 aliphatic heterocycles. The van der Waals surface area contributed by atoms with Crippen LogP contribution in [0.15, 0.2) is 182 Å². The van der Waals surface area contributed by atoms with E-state index in [0.29, 0.717) is 5.95 Å².